The van der Waals surface area contributed by atoms with E-state index in [4.69, 9.17) is 5.73 Å². The molecular weight excluding hydrogens is 240 g/mol. The van der Waals surface area contributed by atoms with Gasteiger partial charge in [-0.2, -0.15) is 0 Å². The molecule has 98 valence electrons. The topological polar surface area (TPSA) is 90.0 Å². The van der Waals surface area contributed by atoms with Crippen molar-refractivity contribution in [2.45, 2.75) is 38.4 Å². The fraction of sp³-hybridized carbons (Fsp3) is 0.700. The molecule has 17 heavy (non-hydrogen) atoms. The number of hydrogen-bond acceptors (Lipinski definition) is 4. The minimum absolute atomic E-state index is 0.0402. The second kappa shape index (κ2) is 5.61. The SMILES string of the molecule is CCn1cnc(S(=O)(=O)NC(CN)C(C)C)c1. The number of sulfonamides is 1. The van der Waals surface area contributed by atoms with Crippen molar-refractivity contribution < 1.29 is 8.42 Å². The average Bonchev–Trinajstić information content (AvgIpc) is 2.74. The van der Waals surface area contributed by atoms with Crippen LogP contribution in [-0.4, -0.2) is 30.6 Å². The Morgan fingerprint density at radius 3 is 2.59 bits per heavy atom. The van der Waals surface area contributed by atoms with Crippen molar-refractivity contribution in [1.82, 2.24) is 14.3 Å². The van der Waals surface area contributed by atoms with Crippen LogP contribution >= 0.6 is 0 Å². The second-order valence-corrected chi connectivity index (χ2v) is 5.91. The summed E-state index contributed by atoms with van der Waals surface area (Å²) in [6.07, 6.45) is 3.01. The maximum Gasteiger partial charge on any atom is 0.259 e. The zero-order valence-electron chi connectivity index (χ0n) is 10.4. The third-order valence-corrected chi connectivity index (χ3v) is 3.99. The largest absolute Gasteiger partial charge is 0.336 e. The van der Waals surface area contributed by atoms with Gasteiger partial charge >= 0.3 is 0 Å². The zero-order chi connectivity index (χ0) is 13.1. The molecule has 1 atom stereocenters. The molecule has 0 aliphatic carbocycles. The third kappa shape index (κ3) is 3.52. The highest BCUT2D eigenvalue weighted by molar-refractivity contribution is 7.89. The number of hydrogen-bond donors (Lipinski definition) is 2. The highest BCUT2D eigenvalue weighted by Gasteiger charge is 2.23. The third-order valence-electron chi connectivity index (χ3n) is 2.62. The van der Waals surface area contributed by atoms with Crippen LogP contribution in [0.3, 0.4) is 0 Å². The number of aryl methyl sites for hydroxylation is 1. The van der Waals surface area contributed by atoms with Crippen molar-refractivity contribution in [3.8, 4) is 0 Å². The van der Waals surface area contributed by atoms with E-state index in [1.54, 1.807) is 4.57 Å². The summed E-state index contributed by atoms with van der Waals surface area (Å²) in [5, 5.41) is 0.0402. The van der Waals surface area contributed by atoms with Gasteiger partial charge in [0.1, 0.15) is 0 Å². The van der Waals surface area contributed by atoms with E-state index < -0.39 is 10.0 Å². The van der Waals surface area contributed by atoms with Crippen LogP contribution in [0.5, 0.6) is 0 Å². The average molecular weight is 260 g/mol. The molecule has 1 heterocycles. The van der Waals surface area contributed by atoms with Gasteiger partial charge < -0.3 is 10.3 Å². The lowest BCUT2D eigenvalue weighted by molar-refractivity contribution is 0.454. The summed E-state index contributed by atoms with van der Waals surface area (Å²) in [5.74, 6) is 0.142. The fourth-order valence-corrected chi connectivity index (χ4v) is 2.72. The van der Waals surface area contributed by atoms with Crippen LogP contribution in [0.15, 0.2) is 17.6 Å². The summed E-state index contributed by atoms with van der Waals surface area (Å²) in [4.78, 5) is 3.88. The van der Waals surface area contributed by atoms with E-state index in [0.717, 1.165) is 0 Å². The molecule has 0 aliphatic rings. The van der Waals surface area contributed by atoms with Gasteiger partial charge in [-0.3, -0.25) is 0 Å². The van der Waals surface area contributed by atoms with Crippen molar-refractivity contribution in [3.05, 3.63) is 12.5 Å². The molecule has 1 aromatic heterocycles. The molecule has 0 bridgehead atoms. The number of aromatic nitrogens is 2. The Morgan fingerprint density at radius 2 is 2.18 bits per heavy atom. The Balaban J connectivity index is 2.88. The molecule has 1 unspecified atom stereocenters. The van der Waals surface area contributed by atoms with E-state index in [1.165, 1.54) is 12.5 Å². The van der Waals surface area contributed by atoms with Crippen molar-refractivity contribution in [1.29, 1.82) is 0 Å². The van der Waals surface area contributed by atoms with E-state index >= 15 is 0 Å². The Hall–Kier alpha value is -0.920. The van der Waals surface area contributed by atoms with Crippen molar-refractivity contribution in [2.75, 3.05) is 6.54 Å². The lowest BCUT2D eigenvalue weighted by Gasteiger charge is -2.19. The molecule has 0 aromatic carbocycles. The Morgan fingerprint density at radius 1 is 1.53 bits per heavy atom. The maximum absolute atomic E-state index is 12.0. The minimum atomic E-state index is -3.57. The standard InChI is InChI=1S/C10H20N4O2S/c1-4-14-6-10(12-7-14)17(15,16)13-9(5-11)8(2)3/h6-9,13H,4-5,11H2,1-3H3. The molecule has 0 aliphatic heterocycles. The molecule has 0 spiro atoms. The van der Waals surface area contributed by atoms with Crippen molar-refractivity contribution in [2.24, 2.45) is 11.7 Å². The summed E-state index contributed by atoms with van der Waals surface area (Å²) >= 11 is 0. The monoisotopic (exact) mass is 260 g/mol. The van der Waals surface area contributed by atoms with Gasteiger partial charge in [0, 0.05) is 25.3 Å². The van der Waals surface area contributed by atoms with Crippen LogP contribution in [0, 0.1) is 5.92 Å². The van der Waals surface area contributed by atoms with E-state index in [1.807, 2.05) is 20.8 Å². The Labute approximate surface area is 102 Å². The first kappa shape index (κ1) is 14.1. The van der Waals surface area contributed by atoms with Gasteiger partial charge in [-0.15, -0.1) is 0 Å². The van der Waals surface area contributed by atoms with Crippen LogP contribution < -0.4 is 10.5 Å². The molecule has 0 saturated carbocycles. The number of nitrogens with zero attached hydrogens (tertiary/aromatic N) is 2. The van der Waals surface area contributed by atoms with E-state index in [9.17, 15) is 8.42 Å². The van der Waals surface area contributed by atoms with Gasteiger partial charge in [0.2, 0.25) is 0 Å². The van der Waals surface area contributed by atoms with Crippen LogP contribution in [0.2, 0.25) is 0 Å². The summed E-state index contributed by atoms with van der Waals surface area (Å²) < 4.78 is 28.3. The molecule has 0 saturated heterocycles. The second-order valence-electron chi connectivity index (χ2n) is 4.25. The van der Waals surface area contributed by atoms with Gasteiger partial charge in [-0.05, 0) is 12.8 Å². The summed E-state index contributed by atoms with van der Waals surface area (Å²) in [6, 6.07) is -0.272. The summed E-state index contributed by atoms with van der Waals surface area (Å²) in [5.41, 5.74) is 5.54. The first-order chi connectivity index (χ1) is 7.90. The predicted molar refractivity (Wildman–Crippen MR) is 65.9 cm³/mol. The molecule has 0 amide bonds. The van der Waals surface area contributed by atoms with Crippen LogP contribution in [0.25, 0.3) is 0 Å². The smallest absolute Gasteiger partial charge is 0.259 e. The molecule has 0 fully saturated rings. The van der Waals surface area contributed by atoms with Crippen LogP contribution in [-0.2, 0) is 16.6 Å². The van der Waals surface area contributed by atoms with E-state index in [0.29, 0.717) is 6.54 Å². The molecule has 0 radical (unpaired) electrons. The number of rotatable bonds is 6. The number of imidazole rings is 1. The van der Waals surface area contributed by atoms with Gasteiger partial charge in [0.25, 0.3) is 10.0 Å². The Kier molecular flexibility index (Phi) is 4.67. The fourth-order valence-electron chi connectivity index (χ4n) is 1.37. The molecule has 7 heteroatoms. The number of nitrogens with two attached hydrogens (primary N) is 1. The van der Waals surface area contributed by atoms with E-state index in [2.05, 4.69) is 9.71 Å². The molecule has 6 nitrogen and oxygen atoms in total. The maximum atomic E-state index is 12.0. The highest BCUT2D eigenvalue weighted by Crippen LogP contribution is 2.09. The van der Waals surface area contributed by atoms with Gasteiger partial charge in [0.15, 0.2) is 5.03 Å². The van der Waals surface area contributed by atoms with Crippen LogP contribution in [0.1, 0.15) is 20.8 Å². The lowest BCUT2D eigenvalue weighted by atomic mass is 10.1. The minimum Gasteiger partial charge on any atom is -0.336 e. The summed E-state index contributed by atoms with van der Waals surface area (Å²) in [6.45, 7) is 6.72. The molecular formula is C10H20N4O2S. The first-order valence-electron chi connectivity index (χ1n) is 5.65. The van der Waals surface area contributed by atoms with Gasteiger partial charge in [0.05, 0.1) is 6.33 Å². The molecule has 1 rings (SSSR count). The van der Waals surface area contributed by atoms with Crippen LogP contribution in [0.4, 0.5) is 0 Å². The summed E-state index contributed by atoms with van der Waals surface area (Å²) in [7, 11) is -3.57. The zero-order valence-corrected chi connectivity index (χ0v) is 11.2. The van der Waals surface area contributed by atoms with Gasteiger partial charge in [-0.1, -0.05) is 13.8 Å². The highest BCUT2D eigenvalue weighted by atomic mass is 32.2. The lowest BCUT2D eigenvalue weighted by Crippen LogP contribution is -2.43. The van der Waals surface area contributed by atoms with Crippen molar-refractivity contribution in [3.63, 3.8) is 0 Å². The predicted octanol–water partition coefficient (Wildman–Crippen LogP) is 0.165. The molecule has 3 N–H and O–H groups in total. The number of nitrogens with one attached hydrogen (secondary N) is 1. The quantitative estimate of drug-likeness (QED) is 0.762. The molecule has 1 aromatic rings. The first-order valence-corrected chi connectivity index (χ1v) is 7.13. The normalized spacial score (nSPS) is 14.2. The Bertz CT molecular complexity index is 453. The van der Waals surface area contributed by atoms with Crippen molar-refractivity contribution >= 4 is 10.0 Å². The van der Waals surface area contributed by atoms with E-state index in [-0.39, 0.29) is 23.5 Å². The van der Waals surface area contributed by atoms with Gasteiger partial charge in [-0.25, -0.2) is 18.1 Å².